The summed E-state index contributed by atoms with van der Waals surface area (Å²) >= 11 is 1.67. The van der Waals surface area contributed by atoms with Gasteiger partial charge in [0.05, 0.1) is 17.2 Å². The lowest BCUT2D eigenvalue weighted by Crippen LogP contribution is -2.07. The number of thioether (sulfide) groups is 1. The van der Waals surface area contributed by atoms with E-state index >= 15 is 0 Å². The van der Waals surface area contributed by atoms with E-state index in [1.54, 1.807) is 23.4 Å². The molecule has 1 aliphatic rings. The summed E-state index contributed by atoms with van der Waals surface area (Å²) in [5.41, 5.74) is 0.626. The number of rotatable bonds is 4. The maximum absolute atomic E-state index is 12.9. The summed E-state index contributed by atoms with van der Waals surface area (Å²) in [6.45, 7) is 2.06. The van der Waals surface area contributed by atoms with Gasteiger partial charge in [0, 0.05) is 20.0 Å². The van der Waals surface area contributed by atoms with Crippen molar-refractivity contribution in [3.8, 4) is 11.5 Å². The minimum atomic E-state index is -4.49. The van der Waals surface area contributed by atoms with E-state index < -0.39 is 11.9 Å². The minimum absolute atomic E-state index is 0.274. The second-order valence-electron chi connectivity index (χ2n) is 6.44. The van der Waals surface area contributed by atoms with Gasteiger partial charge in [-0.05, 0) is 24.7 Å². The van der Waals surface area contributed by atoms with Crippen molar-refractivity contribution in [1.82, 2.24) is 24.1 Å². The zero-order chi connectivity index (χ0) is 18.6. The molecule has 0 atom stereocenters. The van der Waals surface area contributed by atoms with Crippen LogP contribution in [0.5, 0.6) is 0 Å². The van der Waals surface area contributed by atoms with Crippen LogP contribution < -0.4 is 0 Å². The molecule has 0 spiro atoms. The zero-order valence-electron chi connectivity index (χ0n) is 14.6. The number of aromatic nitrogens is 5. The van der Waals surface area contributed by atoms with Gasteiger partial charge in [0.25, 0.3) is 0 Å². The first-order valence-corrected chi connectivity index (χ1v) is 9.39. The summed E-state index contributed by atoms with van der Waals surface area (Å²) in [5, 5.41) is 0.997. The van der Waals surface area contributed by atoms with Crippen molar-refractivity contribution in [2.45, 2.75) is 36.9 Å². The molecule has 3 heterocycles. The first-order chi connectivity index (χ1) is 12.3. The van der Waals surface area contributed by atoms with Gasteiger partial charge in [0.2, 0.25) is 0 Å². The Morgan fingerprint density at radius 3 is 2.54 bits per heavy atom. The fourth-order valence-electron chi connectivity index (χ4n) is 3.11. The highest BCUT2D eigenvalue weighted by atomic mass is 32.2. The largest absolute Gasteiger partial charge is 0.433 e. The molecular weight excluding hydrogens is 363 g/mol. The van der Waals surface area contributed by atoms with Gasteiger partial charge in [-0.3, -0.25) is 0 Å². The van der Waals surface area contributed by atoms with Crippen molar-refractivity contribution in [3.05, 3.63) is 23.8 Å². The lowest BCUT2D eigenvalue weighted by molar-refractivity contribution is -0.141. The standard InChI is InChI=1S/C17H18F3N5S/c1-4-26-16-13(23-14(25(16)3)9-5-6-9)15-22-10-7-12(17(18,19)20)21-8-11(10)24(15)2/h7-9H,4-6H2,1-3H3. The Kier molecular flexibility index (Phi) is 4.02. The molecule has 3 aromatic heterocycles. The minimum Gasteiger partial charge on any atom is -0.325 e. The second-order valence-corrected chi connectivity index (χ2v) is 7.69. The van der Waals surface area contributed by atoms with E-state index in [9.17, 15) is 13.2 Å². The normalized spacial score (nSPS) is 15.2. The van der Waals surface area contributed by atoms with E-state index in [1.807, 2.05) is 7.05 Å². The number of hydrogen-bond acceptors (Lipinski definition) is 4. The number of pyridine rings is 1. The van der Waals surface area contributed by atoms with Crippen LogP contribution in [0.1, 0.15) is 37.2 Å². The molecule has 1 aliphatic carbocycles. The molecular formula is C17H18F3N5S. The molecule has 0 amide bonds. The second kappa shape index (κ2) is 6.00. The van der Waals surface area contributed by atoms with E-state index in [0.717, 1.165) is 41.2 Å². The molecule has 138 valence electrons. The van der Waals surface area contributed by atoms with Crippen molar-refractivity contribution in [1.29, 1.82) is 0 Å². The van der Waals surface area contributed by atoms with Crippen LogP contribution in [0.3, 0.4) is 0 Å². The Morgan fingerprint density at radius 1 is 1.19 bits per heavy atom. The molecule has 0 unspecified atom stereocenters. The average molecular weight is 381 g/mol. The Hall–Kier alpha value is -2.03. The highest BCUT2D eigenvalue weighted by Gasteiger charge is 2.34. The maximum Gasteiger partial charge on any atom is 0.433 e. The van der Waals surface area contributed by atoms with Gasteiger partial charge in [0.1, 0.15) is 22.2 Å². The molecule has 4 rings (SSSR count). The molecule has 26 heavy (non-hydrogen) atoms. The summed E-state index contributed by atoms with van der Waals surface area (Å²) < 4.78 is 42.7. The average Bonchev–Trinajstić information content (AvgIpc) is 3.31. The molecule has 1 fully saturated rings. The van der Waals surface area contributed by atoms with Gasteiger partial charge < -0.3 is 9.13 Å². The van der Waals surface area contributed by atoms with Crippen molar-refractivity contribution >= 4 is 22.8 Å². The monoisotopic (exact) mass is 381 g/mol. The van der Waals surface area contributed by atoms with E-state index in [4.69, 9.17) is 4.98 Å². The molecule has 0 aromatic carbocycles. The van der Waals surface area contributed by atoms with Crippen LogP contribution in [-0.4, -0.2) is 29.8 Å². The number of imidazole rings is 2. The molecule has 3 aromatic rings. The van der Waals surface area contributed by atoms with Crippen LogP contribution >= 0.6 is 11.8 Å². The van der Waals surface area contributed by atoms with E-state index in [2.05, 4.69) is 21.5 Å². The molecule has 0 radical (unpaired) electrons. The van der Waals surface area contributed by atoms with Crippen LogP contribution in [0, 0.1) is 0 Å². The number of hydrogen-bond donors (Lipinski definition) is 0. The number of alkyl halides is 3. The van der Waals surface area contributed by atoms with Gasteiger partial charge in [-0.2, -0.15) is 13.2 Å². The fraction of sp³-hybridized carbons (Fsp3) is 0.471. The van der Waals surface area contributed by atoms with Crippen molar-refractivity contribution in [3.63, 3.8) is 0 Å². The molecule has 9 heteroatoms. The molecule has 1 saturated carbocycles. The van der Waals surface area contributed by atoms with Gasteiger partial charge in [-0.25, -0.2) is 15.0 Å². The quantitative estimate of drug-likeness (QED) is 0.630. The lowest BCUT2D eigenvalue weighted by atomic mass is 10.3. The van der Waals surface area contributed by atoms with Gasteiger partial charge in [0.15, 0.2) is 5.82 Å². The fourth-order valence-corrected chi connectivity index (χ4v) is 3.94. The van der Waals surface area contributed by atoms with Crippen LogP contribution in [0.15, 0.2) is 17.3 Å². The third-order valence-electron chi connectivity index (χ3n) is 4.57. The van der Waals surface area contributed by atoms with Gasteiger partial charge in [-0.1, -0.05) is 6.92 Å². The summed E-state index contributed by atoms with van der Waals surface area (Å²) in [6.07, 6.45) is -1.00. The lowest BCUT2D eigenvalue weighted by Gasteiger charge is -2.06. The van der Waals surface area contributed by atoms with Gasteiger partial charge >= 0.3 is 6.18 Å². The van der Waals surface area contributed by atoms with E-state index in [-0.39, 0.29) is 5.52 Å². The van der Waals surface area contributed by atoms with Crippen LogP contribution in [-0.2, 0) is 20.3 Å². The Balaban J connectivity index is 1.89. The first-order valence-electron chi connectivity index (χ1n) is 8.40. The number of nitrogens with zero attached hydrogens (tertiary/aromatic N) is 5. The predicted octanol–water partition coefficient (Wildman–Crippen LogP) is 4.38. The number of aryl methyl sites for hydroxylation is 1. The van der Waals surface area contributed by atoms with E-state index in [1.165, 1.54) is 6.20 Å². The van der Waals surface area contributed by atoms with E-state index in [0.29, 0.717) is 17.3 Å². The van der Waals surface area contributed by atoms with Gasteiger partial charge in [-0.15, -0.1) is 11.8 Å². The molecule has 0 bridgehead atoms. The highest BCUT2D eigenvalue weighted by Crippen LogP contribution is 2.43. The molecule has 0 N–H and O–H groups in total. The Morgan fingerprint density at radius 2 is 1.92 bits per heavy atom. The third kappa shape index (κ3) is 2.78. The van der Waals surface area contributed by atoms with Crippen LogP contribution in [0.4, 0.5) is 13.2 Å². The zero-order valence-corrected chi connectivity index (χ0v) is 15.4. The summed E-state index contributed by atoms with van der Waals surface area (Å²) in [4.78, 5) is 12.8. The van der Waals surface area contributed by atoms with Crippen LogP contribution in [0.25, 0.3) is 22.6 Å². The summed E-state index contributed by atoms with van der Waals surface area (Å²) in [6, 6.07) is 0.996. The Bertz CT molecular complexity index is 985. The summed E-state index contributed by atoms with van der Waals surface area (Å²) in [5.74, 6) is 2.94. The third-order valence-corrected chi connectivity index (χ3v) is 5.60. The SMILES string of the molecule is CCSc1c(-c2nc3cc(C(F)(F)F)ncc3n2C)nc(C2CC2)n1C. The maximum atomic E-state index is 12.9. The highest BCUT2D eigenvalue weighted by molar-refractivity contribution is 7.99. The van der Waals surface area contributed by atoms with Crippen molar-refractivity contribution in [2.24, 2.45) is 14.1 Å². The molecule has 5 nitrogen and oxygen atoms in total. The summed E-state index contributed by atoms with van der Waals surface area (Å²) in [7, 11) is 3.78. The molecule has 0 saturated heterocycles. The van der Waals surface area contributed by atoms with Crippen LogP contribution in [0.2, 0.25) is 0 Å². The first kappa shape index (κ1) is 17.4. The molecule has 0 aliphatic heterocycles. The predicted molar refractivity (Wildman–Crippen MR) is 94.1 cm³/mol. The van der Waals surface area contributed by atoms with Crippen molar-refractivity contribution < 1.29 is 13.2 Å². The van der Waals surface area contributed by atoms with Crippen molar-refractivity contribution in [2.75, 3.05) is 5.75 Å². The Labute approximate surface area is 152 Å². The topological polar surface area (TPSA) is 48.5 Å². The smallest absolute Gasteiger partial charge is 0.325 e. The number of fused-ring (bicyclic) bond motifs is 1. The number of halogens is 3.